The van der Waals surface area contributed by atoms with Crippen LogP contribution in [0.1, 0.15) is 23.1 Å². The van der Waals surface area contributed by atoms with Gasteiger partial charge in [0.25, 0.3) is 0 Å². The van der Waals surface area contributed by atoms with E-state index in [0.29, 0.717) is 18.1 Å². The monoisotopic (exact) mass is 451 g/mol. The molecule has 0 aliphatic heterocycles. The number of hydrogen-bond acceptors (Lipinski definition) is 4. The highest BCUT2D eigenvalue weighted by Crippen LogP contribution is 2.26. The first-order valence-corrected chi connectivity index (χ1v) is 10.9. The van der Waals surface area contributed by atoms with E-state index in [0.717, 1.165) is 27.6 Å². The first-order valence-electron chi connectivity index (χ1n) is 10.9. The van der Waals surface area contributed by atoms with E-state index >= 15 is 0 Å². The summed E-state index contributed by atoms with van der Waals surface area (Å²) < 4.78 is 11.3. The van der Waals surface area contributed by atoms with Gasteiger partial charge in [-0.1, -0.05) is 48.5 Å². The molecule has 0 aliphatic rings. The van der Waals surface area contributed by atoms with Crippen LogP contribution in [0.3, 0.4) is 0 Å². The van der Waals surface area contributed by atoms with Crippen LogP contribution in [0, 0.1) is 0 Å². The Balaban J connectivity index is 1.33. The molecular weight excluding hydrogens is 426 g/mol. The Bertz CT molecular complexity index is 1350. The van der Waals surface area contributed by atoms with Gasteiger partial charge in [0.1, 0.15) is 18.1 Å². The van der Waals surface area contributed by atoms with Crippen LogP contribution in [-0.4, -0.2) is 23.7 Å². The van der Waals surface area contributed by atoms with Crippen LogP contribution in [0.25, 0.3) is 23.1 Å². The Morgan fingerprint density at radius 1 is 0.882 bits per heavy atom. The molecule has 5 nitrogen and oxygen atoms in total. The van der Waals surface area contributed by atoms with E-state index in [4.69, 9.17) is 9.47 Å². The number of hydrogen-bond donors (Lipinski definition) is 1. The molecule has 170 valence electrons. The minimum absolute atomic E-state index is 0.196. The molecule has 0 unspecified atom stereocenters. The van der Waals surface area contributed by atoms with Crippen molar-refractivity contribution in [1.82, 2.24) is 4.98 Å². The zero-order valence-corrected chi connectivity index (χ0v) is 18.9. The molecule has 0 radical (unpaired) electrons. The molecule has 5 heteroatoms. The highest BCUT2D eigenvalue weighted by molar-refractivity contribution is 6.11. The molecule has 0 aliphatic carbocycles. The molecule has 0 saturated heterocycles. The first-order chi connectivity index (χ1) is 16.6. The van der Waals surface area contributed by atoms with Crippen molar-refractivity contribution in [3.8, 4) is 11.5 Å². The van der Waals surface area contributed by atoms with Gasteiger partial charge in [-0.15, -0.1) is 0 Å². The molecule has 0 atom stereocenters. The molecule has 4 rings (SSSR count). The van der Waals surface area contributed by atoms with Gasteiger partial charge in [-0.3, -0.25) is 9.59 Å². The van der Waals surface area contributed by atoms with Gasteiger partial charge in [0.2, 0.25) is 0 Å². The van der Waals surface area contributed by atoms with E-state index in [2.05, 4.69) is 4.98 Å². The van der Waals surface area contributed by atoms with E-state index < -0.39 is 0 Å². The Kier molecular flexibility index (Phi) is 7.35. The number of carbonyl (C=O) groups excluding carboxylic acids is 2. The number of benzene rings is 3. The summed E-state index contributed by atoms with van der Waals surface area (Å²) in [6, 6.07) is 23.2. The Morgan fingerprint density at radius 3 is 2.47 bits per heavy atom. The minimum Gasteiger partial charge on any atom is -0.496 e. The smallest absolute Gasteiger partial charge is 0.163 e. The van der Waals surface area contributed by atoms with Crippen molar-refractivity contribution in [3.05, 3.63) is 108 Å². The second kappa shape index (κ2) is 11.0. The maximum Gasteiger partial charge on any atom is 0.163 e. The number of ether oxygens (including phenoxy) is 2. The number of aromatic amines is 1. The number of ketones is 2. The van der Waals surface area contributed by atoms with Crippen molar-refractivity contribution < 1.29 is 19.1 Å². The summed E-state index contributed by atoms with van der Waals surface area (Å²) in [7, 11) is 1.56. The second-order valence-electron chi connectivity index (χ2n) is 7.78. The van der Waals surface area contributed by atoms with E-state index in [9.17, 15) is 9.59 Å². The predicted octanol–water partition coefficient (Wildman–Crippen LogP) is 6.01. The fraction of sp³-hybridized carbons (Fsp3) is 0.103. The molecule has 0 bridgehead atoms. The minimum atomic E-state index is -0.277. The maximum absolute atomic E-state index is 12.3. The molecular formula is C29H25NO4. The van der Waals surface area contributed by atoms with Gasteiger partial charge in [-0.2, -0.15) is 0 Å². The molecule has 1 N–H and O–H groups in total. The van der Waals surface area contributed by atoms with Gasteiger partial charge in [0.15, 0.2) is 11.6 Å². The topological polar surface area (TPSA) is 68.4 Å². The van der Waals surface area contributed by atoms with Gasteiger partial charge in [-0.05, 0) is 59.0 Å². The van der Waals surface area contributed by atoms with Crippen LogP contribution >= 0.6 is 0 Å². The molecule has 1 heterocycles. The number of H-pyrrole nitrogens is 1. The van der Waals surface area contributed by atoms with E-state index in [1.807, 2.05) is 72.9 Å². The zero-order valence-electron chi connectivity index (χ0n) is 18.9. The predicted molar refractivity (Wildman–Crippen MR) is 135 cm³/mol. The quantitative estimate of drug-likeness (QED) is 0.237. The third-order valence-corrected chi connectivity index (χ3v) is 5.29. The Morgan fingerprint density at radius 2 is 1.68 bits per heavy atom. The fourth-order valence-electron chi connectivity index (χ4n) is 3.49. The number of methoxy groups -OCH3 is 1. The van der Waals surface area contributed by atoms with Crippen LogP contribution in [-0.2, 0) is 16.2 Å². The van der Waals surface area contributed by atoms with E-state index in [1.54, 1.807) is 25.3 Å². The number of carbonyl (C=O) groups is 2. The van der Waals surface area contributed by atoms with Gasteiger partial charge >= 0.3 is 0 Å². The summed E-state index contributed by atoms with van der Waals surface area (Å²) >= 11 is 0. The van der Waals surface area contributed by atoms with Crippen LogP contribution in [0.5, 0.6) is 11.5 Å². The largest absolute Gasteiger partial charge is 0.496 e. The normalized spacial score (nSPS) is 11.3. The number of nitrogens with one attached hydrogen (secondary N) is 1. The molecule has 1 aromatic heterocycles. The van der Waals surface area contributed by atoms with Crippen molar-refractivity contribution in [2.24, 2.45) is 0 Å². The van der Waals surface area contributed by atoms with Gasteiger partial charge in [0.05, 0.1) is 13.5 Å². The molecule has 0 saturated carbocycles. The van der Waals surface area contributed by atoms with Crippen molar-refractivity contribution in [2.75, 3.05) is 7.11 Å². The van der Waals surface area contributed by atoms with Crippen LogP contribution in [0.2, 0.25) is 0 Å². The number of fused-ring (bicyclic) bond motifs is 1. The zero-order chi connectivity index (χ0) is 23.8. The van der Waals surface area contributed by atoms with E-state index in [-0.39, 0.29) is 18.0 Å². The average Bonchev–Trinajstić information content (AvgIpc) is 3.34. The number of aromatic nitrogens is 1. The number of allylic oxidation sites excluding steroid dienone is 2. The third-order valence-electron chi connectivity index (χ3n) is 5.29. The second-order valence-corrected chi connectivity index (χ2v) is 7.78. The summed E-state index contributed by atoms with van der Waals surface area (Å²) in [5.41, 5.74) is 3.69. The Labute approximate surface area is 198 Å². The summed E-state index contributed by atoms with van der Waals surface area (Å²) in [5, 5.41) is 1.11. The van der Waals surface area contributed by atoms with Crippen molar-refractivity contribution >= 4 is 34.6 Å². The molecule has 4 aromatic rings. The maximum atomic E-state index is 12.3. The summed E-state index contributed by atoms with van der Waals surface area (Å²) in [6.45, 7) is 0.451. The van der Waals surface area contributed by atoms with Gasteiger partial charge in [0, 0.05) is 23.3 Å². The lowest BCUT2D eigenvalue weighted by molar-refractivity contribution is -0.121. The average molecular weight is 452 g/mol. The van der Waals surface area contributed by atoms with Gasteiger partial charge < -0.3 is 14.5 Å². The standard InChI is InChI=1S/C29H25NO4/c1-33-29-19-27(34-20-22-5-3-2-4-6-22)14-11-24(29)10-13-26(32)18-25(31)12-8-21-7-9-23-15-16-30-28(23)17-21/h2-17,19,30H,18,20H2,1H3. The van der Waals surface area contributed by atoms with Crippen molar-refractivity contribution in [3.63, 3.8) is 0 Å². The fourth-order valence-corrected chi connectivity index (χ4v) is 3.49. The highest BCUT2D eigenvalue weighted by atomic mass is 16.5. The highest BCUT2D eigenvalue weighted by Gasteiger charge is 2.07. The first kappa shape index (κ1) is 22.8. The van der Waals surface area contributed by atoms with Crippen LogP contribution in [0.4, 0.5) is 0 Å². The molecule has 0 amide bonds. The lowest BCUT2D eigenvalue weighted by Gasteiger charge is -2.10. The third kappa shape index (κ3) is 6.11. The molecule has 3 aromatic carbocycles. The molecule has 0 fully saturated rings. The summed E-state index contributed by atoms with van der Waals surface area (Å²) in [5.74, 6) is 0.723. The van der Waals surface area contributed by atoms with Crippen LogP contribution in [0.15, 0.2) is 91.1 Å². The molecule has 34 heavy (non-hydrogen) atoms. The summed E-state index contributed by atoms with van der Waals surface area (Å²) in [6.07, 6.45) is 7.89. The van der Waals surface area contributed by atoms with Crippen molar-refractivity contribution in [2.45, 2.75) is 13.0 Å². The lowest BCUT2D eigenvalue weighted by atomic mass is 10.1. The Hall–Kier alpha value is -4.38. The van der Waals surface area contributed by atoms with E-state index in [1.165, 1.54) is 12.2 Å². The molecule has 0 spiro atoms. The van der Waals surface area contributed by atoms with Crippen LogP contribution < -0.4 is 9.47 Å². The lowest BCUT2D eigenvalue weighted by Crippen LogP contribution is -2.02. The van der Waals surface area contributed by atoms with Crippen molar-refractivity contribution in [1.29, 1.82) is 0 Å². The van der Waals surface area contributed by atoms with Gasteiger partial charge in [-0.25, -0.2) is 0 Å². The number of rotatable bonds is 10. The summed E-state index contributed by atoms with van der Waals surface area (Å²) in [4.78, 5) is 27.6. The SMILES string of the molecule is COc1cc(OCc2ccccc2)ccc1C=CC(=O)CC(=O)C=Cc1ccc2cc[nH]c2c1.